The molecule has 23 heavy (non-hydrogen) atoms. The lowest BCUT2D eigenvalue weighted by Crippen LogP contribution is -2.27. The van der Waals surface area contributed by atoms with E-state index < -0.39 is 0 Å². The van der Waals surface area contributed by atoms with Gasteiger partial charge in [-0.1, -0.05) is 17.7 Å². The van der Waals surface area contributed by atoms with E-state index >= 15 is 0 Å². The van der Waals surface area contributed by atoms with Crippen LogP contribution in [0.3, 0.4) is 0 Å². The van der Waals surface area contributed by atoms with Gasteiger partial charge in [0.05, 0.1) is 11.9 Å². The number of carbonyl (C=O) groups excluding carboxylic acids is 1. The Morgan fingerprint density at radius 2 is 2.13 bits per heavy atom. The van der Waals surface area contributed by atoms with Gasteiger partial charge in [-0.3, -0.25) is 4.79 Å². The maximum atomic E-state index is 12.0. The molecule has 2 aromatic rings. The molecule has 6 heteroatoms. The molecule has 1 saturated heterocycles. The predicted octanol–water partition coefficient (Wildman–Crippen LogP) is 3.90. The Morgan fingerprint density at radius 3 is 2.78 bits per heavy atom. The lowest BCUT2D eigenvalue weighted by molar-refractivity contribution is -0.124. The minimum atomic E-state index is -0.357. The first-order valence-corrected chi connectivity index (χ1v) is 7.91. The molecule has 1 amide bonds. The van der Waals surface area contributed by atoms with E-state index in [4.69, 9.17) is 16.3 Å². The van der Waals surface area contributed by atoms with Crippen molar-refractivity contribution >= 4 is 34.7 Å². The van der Waals surface area contributed by atoms with Crippen molar-refractivity contribution in [2.45, 2.75) is 25.9 Å². The van der Waals surface area contributed by atoms with Crippen molar-refractivity contribution < 1.29 is 9.53 Å². The summed E-state index contributed by atoms with van der Waals surface area (Å²) in [6, 6.07) is 9.38. The molecular formula is C17H18ClN3O2. The van der Waals surface area contributed by atoms with Crippen molar-refractivity contribution in [3.05, 3.63) is 47.1 Å². The van der Waals surface area contributed by atoms with Crippen LogP contribution in [0.2, 0.25) is 5.02 Å². The standard InChI is InChI=1S/C17H18ClN3O2/c1-11-4-5-12(9-14(11)18)20-13-6-7-16(19-10-13)21-17(22)15-3-2-8-23-15/h4-7,9-10,15,20H,2-3,8H2,1H3,(H,19,21,22). The molecule has 0 spiro atoms. The Morgan fingerprint density at radius 1 is 1.30 bits per heavy atom. The van der Waals surface area contributed by atoms with Crippen molar-refractivity contribution in [1.82, 2.24) is 4.98 Å². The van der Waals surface area contributed by atoms with E-state index in [1.807, 2.05) is 31.2 Å². The summed E-state index contributed by atoms with van der Waals surface area (Å²) in [5.74, 6) is 0.374. The van der Waals surface area contributed by atoms with Gasteiger partial charge in [0.2, 0.25) is 0 Å². The molecule has 1 aliphatic rings. The first-order chi connectivity index (χ1) is 11.1. The molecule has 1 atom stereocenters. The molecule has 0 radical (unpaired) electrons. The van der Waals surface area contributed by atoms with Crippen LogP contribution in [0.15, 0.2) is 36.5 Å². The number of anilines is 3. The number of hydrogen-bond donors (Lipinski definition) is 2. The topological polar surface area (TPSA) is 63.2 Å². The fourth-order valence-electron chi connectivity index (χ4n) is 2.37. The van der Waals surface area contributed by atoms with Crippen LogP contribution in [-0.4, -0.2) is 23.6 Å². The number of aryl methyl sites for hydroxylation is 1. The van der Waals surface area contributed by atoms with Crippen LogP contribution in [0, 0.1) is 6.92 Å². The Bertz CT molecular complexity index is 697. The third kappa shape index (κ3) is 4.00. The van der Waals surface area contributed by atoms with E-state index in [1.165, 1.54) is 0 Å². The molecule has 0 bridgehead atoms. The minimum Gasteiger partial charge on any atom is -0.368 e. The van der Waals surface area contributed by atoms with Crippen LogP contribution in [-0.2, 0) is 9.53 Å². The van der Waals surface area contributed by atoms with Gasteiger partial charge >= 0.3 is 0 Å². The highest BCUT2D eigenvalue weighted by Crippen LogP contribution is 2.23. The SMILES string of the molecule is Cc1ccc(Nc2ccc(NC(=O)C3CCCO3)nc2)cc1Cl. The number of amides is 1. The summed E-state index contributed by atoms with van der Waals surface area (Å²) in [6.07, 6.45) is 3.00. The average Bonchev–Trinajstić information content (AvgIpc) is 3.07. The van der Waals surface area contributed by atoms with Gasteiger partial charge in [-0.2, -0.15) is 0 Å². The molecule has 1 fully saturated rings. The van der Waals surface area contributed by atoms with Gasteiger partial charge < -0.3 is 15.4 Å². The monoisotopic (exact) mass is 331 g/mol. The quantitative estimate of drug-likeness (QED) is 0.891. The molecule has 120 valence electrons. The van der Waals surface area contributed by atoms with Gasteiger partial charge in [0.15, 0.2) is 0 Å². The van der Waals surface area contributed by atoms with Gasteiger partial charge in [-0.15, -0.1) is 0 Å². The zero-order valence-electron chi connectivity index (χ0n) is 12.8. The summed E-state index contributed by atoms with van der Waals surface area (Å²) >= 11 is 6.11. The molecule has 2 heterocycles. The molecular weight excluding hydrogens is 314 g/mol. The maximum absolute atomic E-state index is 12.0. The van der Waals surface area contributed by atoms with Crippen molar-refractivity contribution in [2.24, 2.45) is 0 Å². The first kappa shape index (κ1) is 15.8. The Labute approximate surface area is 140 Å². The largest absolute Gasteiger partial charge is 0.368 e. The smallest absolute Gasteiger partial charge is 0.254 e. The van der Waals surface area contributed by atoms with Crippen molar-refractivity contribution in [3.63, 3.8) is 0 Å². The lowest BCUT2D eigenvalue weighted by atomic mass is 10.2. The highest BCUT2D eigenvalue weighted by Gasteiger charge is 2.23. The second-order valence-corrected chi connectivity index (χ2v) is 5.92. The first-order valence-electron chi connectivity index (χ1n) is 7.53. The van der Waals surface area contributed by atoms with Gasteiger partial charge in [-0.05, 0) is 49.6 Å². The summed E-state index contributed by atoms with van der Waals surface area (Å²) in [5.41, 5.74) is 2.74. The van der Waals surface area contributed by atoms with E-state index in [2.05, 4.69) is 15.6 Å². The van der Waals surface area contributed by atoms with Crippen LogP contribution in [0.4, 0.5) is 17.2 Å². The zero-order valence-corrected chi connectivity index (χ0v) is 13.6. The number of aromatic nitrogens is 1. The average molecular weight is 332 g/mol. The lowest BCUT2D eigenvalue weighted by Gasteiger charge is -2.11. The molecule has 1 aromatic carbocycles. The van der Waals surface area contributed by atoms with E-state index in [9.17, 15) is 4.79 Å². The summed E-state index contributed by atoms with van der Waals surface area (Å²) in [7, 11) is 0. The van der Waals surface area contributed by atoms with Crippen LogP contribution < -0.4 is 10.6 Å². The number of nitrogens with zero attached hydrogens (tertiary/aromatic N) is 1. The molecule has 0 aliphatic carbocycles. The predicted molar refractivity (Wildman–Crippen MR) is 91.3 cm³/mol. The van der Waals surface area contributed by atoms with E-state index in [0.29, 0.717) is 17.4 Å². The molecule has 2 N–H and O–H groups in total. The summed E-state index contributed by atoms with van der Waals surface area (Å²) in [6.45, 7) is 2.60. The highest BCUT2D eigenvalue weighted by atomic mass is 35.5. The normalized spacial score (nSPS) is 17.0. The number of carbonyl (C=O) groups is 1. The molecule has 1 aliphatic heterocycles. The van der Waals surface area contributed by atoms with Crippen LogP contribution in [0.5, 0.6) is 0 Å². The number of halogens is 1. The zero-order chi connectivity index (χ0) is 16.2. The summed E-state index contributed by atoms with van der Waals surface area (Å²) < 4.78 is 5.35. The number of benzene rings is 1. The van der Waals surface area contributed by atoms with Crippen LogP contribution in [0.25, 0.3) is 0 Å². The maximum Gasteiger partial charge on any atom is 0.254 e. The second kappa shape index (κ2) is 6.98. The Hall–Kier alpha value is -2.11. The number of pyridine rings is 1. The van der Waals surface area contributed by atoms with Gasteiger partial charge in [0, 0.05) is 17.3 Å². The van der Waals surface area contributed by atoms with Crippen LogP contribution >= 0.6 is 11.6 Å². The van der Waals surface area contributed by atoms with Crippen molar-refractivity contribution in [2.75, 3.05) is 17.2 Å². The third-order valence-corrected chi connectivity index (χ3v) is 4.10. The van der Waals surface area contributed by atoms with Crippen molar-refractivity contribution in [3.8, 4) is 0 Å². The van der Waals surface area contributed by atoms with Gasteiger partial charge in [0.25, 0.3) is 5.91 Å². The van der Waals surface area contributed by atoms with Crippen LogP contribution in [0.1, 0.15) is 18.4 Å². The van der Waals surface area contributed by atoms with E-state index in [0.717, 1.165) is 29.8 Å². The Kier molecular flexibility index (Phi) is 4.79. The molecule has 3 rings (SSSR count). The Balaban J connectivity index is 1.62. The molecule has 1 aromatic heterocycles. The number of ether oxygens (including phenoxy) is 1. The fourth-order valence-corrected chi connectivity index (χ4v) is 2.55. The van der Waals surface area contributed by atoms with Gasteiger partial charge in [-0.25, -0.2) is 4.98 Å². The van der Waals surface area contributed by atoms with Crippen molar-refractivity contribution in [1.29, 1.82) is 0 Å². The summed E-state index contributed by atoms with van der Waals surface area (Å²) in [4.78, 5) is 16.2. The third-order valence-electron chi connectivity index (χ3n) is 3.70. The number of nitrogens with one attached hydrogen (secondary N) is 2. The number of rotatable bonds is 4. The fraction of sp³-hybridized carbons (Fsp3) is 0.294. The highest BCUT2D eigenvalue weighted by molar-refractivity contribution is 6.31. The molecule has 1 unspecified atom stereocenters. The second-order valence-electron chi connectivity index (χ2n) is 5.51. The van der Waals surface area contributed by atoms with Gasteiger partial charge in [0.1, 0.15) is 11.9 Å². The van der Waals surface area contributed by atoms with E-state index in [-0.39, 0.29) is 12.0 Å². The number of hydrogen-bond acceptors (Lipinski definition) is 4. The molecule has 5 nitrogen and oxygen atoms in total. The summed E-state index contributed by atoms with van der Waals surface area (Å²) in [5, 5.41) is 6.70. The minimum absolute atomic E-state index is 0.138. The molecule has 0 saturated carbocycles. The van der Waals surface area contributed by atoms with E-state index in [1.54, 1.807) is 12.3 Å².